The van der Waals surface area contributed by atoms with Crippen LogP contribution in [0, 0.1) is 0 Å². The Hall–Kier alpha value is -0.530. The van der Waals surface area contributed by atoms with Gasteiger partial charge in [0.25, 0.3) is 0 Å². The van der Waals surface area contributed by atoms with Crippen molar-refractivity contribution in [2.24, 2.45) is 0 Å². The molecule has 1 aliphatic rings. The van der Waals surface area contributed by atoms with E-state index in [0.29, 0.717) is 6.61 Å². The topological polar surface area (TPSA) is 99.5 Å². The maximum absolute atomic E-state index is 9.44. The lowest BCUT2D eigenvalue weighted by Gasteiger charge is -1.96. The van der Waals surface area contributed by atoms with Crippen LogP contribution in [0.15, 0.2) is 0 Å². The van der Waals surface area contributed by atoms with Crippen LogP contribution in [-0.4, -0.2) is 66.8 Å². The van der Waals surface area contributed by atoms with E-state index in [4.69, 9.17) is 20.1 Å². The van der Waals surface area contributed by atoms with Crippen LogP contribution in [-0.2, 0) is 14.3 Å². The smallest absolute Gasteiger partial charge is 0.151 e. The molecule has 1 atom stereocenters. The van der Waals surface area contributed by atoms with Gasteiger partial charge in [-0.05, 0) is 13.8 Å². The van der Waals surface area contributed by atoms with Crippen LogP contribution in [0.25, 0.3) is 0 Å². The Morgan fingerprint density at radius 3 is 1.81 bits per heavy atom. The van der Waals surface area contributed by atoms with E-state index < -0.39 is 6.10 Å². The summed E-state index contributed by atoms with van der Waals surface area (Å²) in [6.07, 6.45) is -0.194. The molecule has 1 unspecified atom stereocenters. The predicted molar refractivity (Wildman–Crippen MR) is 58.1 cm³/mol. The number of aldehydes is 1. The van der Waals surface area contributed by atoms with Crippen molar-refractivity contribution >= 4 is 6.29 Å². The maximum atomic E-state index is 9.44. The molecule has 0 bridgehead atoms. The summed E-state index contributed by atoms with van der Waals surface area (Å²) in [6.45, 7) is 5.58. The lowest BCUT2D eigenvalue weighted by atomic mass is 10.4. The molecule has 0 saturated carbocycles. The lowest BCUT2D eigenvalue weighted by molar-refractivity contribution is -0.108. The first kappa shape index (κ1) is 17.9. The highest BCUT2D eigenvalue weighted by atomic mass is 16.6. The summed E-state index contributed by atoms with van der Waals surface area (Å²) in [5.41, 5.74) is 0. The fourth-order valence-electron chi connectivity index (χ4n) is 0.396. The molecule has 0 aromatic carbocycles. The number of aliphatic hydroxyl groups excluding tert-OH is 3. The molecule has 98 valence electrons. The molecule has 1 fully saturated rings. The fourth-order valence-corrected chi connectivity index (χ4v) is 0.396. The third-order valence-electron chi connectivity index (χ3n) is 1.34. The first-order valence-electron chi connectivity index (χ1n) is 5.20. The van der Waals surface area contributed by atoms with Gasteiger partial charge in [0.05, 0.1) is 19.8 Å². The Morgan fingerprint density at radius 1 is 1.38 bits per heavy atom. The quantitative estimate of drug-likeness (QED) is 0.418. The van der Waals surface area contributed by atoms with Crippen LogP contribution < -0.4 is 0 Å². The second-order valence-electron chi connectivity index (χ2n) is 2.81. The first-order valence-corrected chi connectivity index (χ1v) is 5.20. The number of aliphatic hydroxyl groups is 3. The van der Waals surface area contributed by atoms with Crippen molar-refractivity contribution in [3.05, 3.63) is 0 Å². The van der Waals surface area contributed by atoms with Gasteiger partial charge in [0.1, 0.15) is 12.2 Å². The number of carbonyl (C=O) groups excluding carboxylic acids is 1. The SMILES string of the molecule is CCOCC.O=CC1CO1.OCC(O)CO. The van der Waals surface area contributed by atoms with E-state index in [2.05, 4.69) is 4.74 Å². The van der Waals surface area contributed by atoms with E-state index in [-0.39, 0.29) is 19.3 Å². The van der Waals surface area contributed by atoms with E-state index in [9.17, 15) is 4.79 Å². The molecule has 3 N–H and O–H groups in total. The van der Waals surface area contributed by atoms with E-state index in [1.54, 1.807) is 0 Å². The Balaban J connectivity index is 0. The van der Waals surface area contributed by atoms with E-state index >= 15 is 0 Å². The van der Waals surface area contributed by atoms with E-state index in [1.165, 1.54) is 0 Å². The van der Waals surface area contributed by atoms with Crippen LogP contribution in [0.4, 0.5) is 0 Å². The third kappa shape index (κ3) is 19.1. The Bertz CT molecular complexity index is 131. The monoisotopic (exact) mass is 238 g/mol. The molecule has 6 heteroatoms. The highest BCUT2D eigenvalue weighted by Crippen LogP contribution is 2.02. The van der Waals surface area contributed by atoms with Gasteiger partial charge >= 0.3 is 0 Å². The molecule has 6 nitrogen and oxygen atoms in total. The number of hydrogen-bond donors (Lipinski definition) is 3. The highest BCUT2D eigenvalue weighted by molar-refractivity contribution is 5.58. The molecule has 0 aromatic heterocycles. The minimum atomic E-state index is -0.954. The molecule has 0 radical (unpaired) electrons. The van der Waals surface area contributed by atoms with Gasteiger partial charge in [-0.3, -0.25) is 0 Å². The summed E-state index contributed by atoms with van der Waals surface area (Å²) in [4.78, 5) is 9.44. The van der Waals surface area contributed by atoms with Crippen molar-refractivity contribution in [3.63, 3.8) is 0 Å². The van der Waals surface area contributed by atoms with Gasteiger partial charge in [-0.25, -0.2) is 0 Å². The summed E-state index contributed by atoms with van der Waals surface area (Å²) in [6, 6.07) is 0. The van der Waals surface area contributed by atoms with Crippen LogP contribution in [0.5, 0.6) is 0 Å². The molecule has 1 heterocycles. The minimum absolute atomic E-state index is 0.0463. The van der Waals surface area contributed by atoms with Crippen LogP contribution in [0.2, 0.25) is 0 Å². The van der Waals surface area contributed by atoms with Crippen LogP contribution in [0.1, 0.15) is 13.8 Å². The predicted octanol–water partition coefficient (Wildman–Crippen LogP) is -1.04. The van der Waals surface area contributed by atoms with Gasteiger partial charge in [0, 0.05) is 13.2 Å². The number of ether oxygens (including phenoxy) is 2. The van der Waals surface area contributed by atoms with Crippen molar-refractivity contribution < 1.29 is 29.6 Å². The molecule has 0 spiro atoms. The van der Waals surface area contributed by atoms with Gasteiger partial charge in [0.15, 0.2) is 6.29 Å². The molecular weight excluding hydrogens is 216 g/mol. The third-order valence-corrected chi connectivity index (χ3v) is 1.34. The van der Waals surface area contributed by atoms with Crippen molar-refractivity contribution in [3.8, 4) is 0 Å². The zero-order chi connectivity index (χ0) is 12.8. The van der Waals surface area contributed by atoms with Gasteiger partial charge in [-0.15, -0.1) is 0 Å². The first-order chi connectivity index (χ1) is 7.65. The zero-order valence-electron chi connectivity index (χ0n) is 9.83. The summed E-state index contributed by atoms with van der Waals surface area (Å²) in [5.74, 6) is 0. The largest absolute Gasteiger partial charge is 0.394 e. The second-order valence-corrected chi connectivity index (χ2v) is 2.81. The molecule has 0 aromatic rings. The molecule has 0 aliphatic carbocycles. The molecular formula is C10H22O6. The average Bonchev–Trinajstić information content (AvgIpc) is 3.14. The molecule has 1 saturated heterocycles. The summed E-state index contributed by atoms with van der Waals surface area (Å²) >= 11 is 0. The highest BCUT2D eigenvalue weighted by Gasteiger charge is 2.19. The fraction of sp³-hybridized carbons (Fsp3) is 0.900. The van der Waals surface area contributed by atoms with Crippen molar-refractivity contribution in [2.45, 2.75) is 26.1 Å². The summed E-state index contributed by atoms with van der Waals surface area (Å²) in [5, 5.41) is 24.0. The number of epoxide rings is 1. The van der Waals surface area contributed by atoms with Gasteiger partial charge in [0.2, 0.25) is 0 Å². The molecule has 0 amide bonds. The molecule has 16 heavy (non-hydrogen) atoms. The maximum Gasteiger partial charge on any atom is 0.151 e. The Morgan fingerprint density at radius 2 is 1.81 bits per heavy atom. The average molecular weight is 238 g/mol. The molecule has 1 aliphatic heterocycles. The zero-order valence-corrected chi connectivity index (χ0v) is 9.83. The number of rotatable bonds is 5. The Labute approximate surface area is 95.8 Å². The van der Waals surface area contributed by atoms with E-state index in [0.717, 1.165) is 19.5 Å². The Kier molecular flexibility index (Phi) is 16.1. The second kappa shape index (κ2) is 14.5. The van der Waals surface area contributed by atoms with Crippen molar-refractivity contribution in [2.75, 3.05) is 33.0 Å². The summed E-state index contributed by atoms with van der Waals surface area (Å²) < 4.78 is 9.32. The van der Waals surface area contributed by atoms with Gasteiger partial charge < -0.3 is 29.6 Å². The normalized spacial score (nSPS) is 16.8. The van der Waals surface area contributed by atoms with Crippen LogP contribution in [0.3, 0.4) is 0 Å². The standard InChI is InChI=1S/C4H10O.C3H8O3.C3H4O2/c1-3-5-4-2;4-1-3(6)2-5;4-1-3-2-5-3/h3-4H2,1-2H3;3-6H,1-2H2;1,3H,2H2. The molecule has 1 rings (SSSR count). The van der Waals surface area contributed by atoms with Crippen molar-refractivity contribution in [1.82, 2.24) is 0 Å². The summed E-state index contributed by atoms with van der Waals surface area (Å²) in [7, 11) is 0. The number of carbonyl (C=O) groups is 1. The van der Waals surface area contributed by atoms with Crippen LogP contribution >= 0.6 is 0 Å². The minimum Gasteiger partial charge on any atom is -0.394 e. The van der Waals surface area contributed by atoms with Gasteiger partial charge in [-0.1, -0.05) is 0 Å². The van der Waals surface area contributed by atoms with Crippen molar-refractivity contribution in [1.29, 1.82) is 0 Å². The van der Waals surface area contributed by atoms with E-state index in [1.807, 2.05) is 13.8 Å². The lowest BCUT2D eigenvalue weighted by Crippen LogP contribution is -2.15. The number of hydrogen-bond acceptors (Lipinski definition) is 6. The van der Waals surface area contributed by atoms with Gasteiger partial charge in [-0.2, -0.15) is 0 Å².